The van der Waals surface area contributed by atoms with Crippen molar-refractivity contribution < 1.29 is 45.0 Å². The number of carbonyl (C=O) groups is 1. The van der Waals surface area contributed by atoms with Gasteiger partial charge in [-0.25, -0.2) is 4.39 Å². The maximum Gasteiger partial charge on any atom is 0.416 e. The highest BCUT2D eigenvalue weighted by Crippen LogP contribution is 2.49. The van der Waals surface area contributed by atoms with Crippen molar-refractivity contribution in [3.05, 3.63) is 64.2 Å². The van der Waals surface area contributed by atoms with Crippen LogP contribution in [0.3, 0.4) is 0 Å². The van der Waals surface area contributed by atoms with Gasteiger partial charge in [-0.1, -0.05) is 19.1 Å². The summed E-state index contributed by atoms with van der Waals surface area (Å²) in [7, 11) is 1.35. The number of aryl methyl sites for hydroxylation is 1. The molecule has 1 saturated heterocycles. The predicted octanol–water partition coefficient (Wildman–Crippen LogP) is 7.51. The van der Waals surface area contributed by atoms with Crippen LogP contribution in [0, 0.1) is 11.8 Å². The van der Waals surface area contributed by atoms with Crippen LogP contribution < -0.4 is 4.74 Å². The largest absolute Gasteiger partial charge is 0.487 e. The van der Waals surface area contributed by atoms with Crippen LogP contribution in [0.5, 0.6) is 5.75 Å². The first-order valence-corrected chi connectivity index (χ1v) is 13.7. The van der Waals surface area contributed by atoms with Gasteiger partial charge in [0.2, 0.25) is 0 Å². The first-order valence-electron chi connectivity index (χ1n) is 13.7. The number of fused-ring (bicyclic) bond motifs is 1. The lowest BCUT2D eigenvalue weighted by atomic mass is 9.81. The van der Waals surface area contributed by atoms with Gasteiger partial charge in [0.15, 0.2) is 5.67 Å². The van der Waals surface area contributed by atoms with Gasteiger partial charge in [-0.2, -0.15) is 26.3 Å². The van der Waals surface area contributed by atoms with Gasteiger partial charge in [-0.3, -0.25) is 9.69 Å². The lowest BCUT2D eigenvalue weighted by Gasteiger charge is -2.51. The summed E-state index contributed by atoms with van der Waals surface area (Å²) in [6, 6.07) is 6.00. The zero-order chi connectivity index (χ0) is 29.9. The molecule has 0 spiro atoms. The number of carbonyl (C=O) groups excluding carboxylic acids is 1. The van der Waals surface area contributed by atoms with Crippen molar-refractivity contribution >= 4 is 5.97 Å². The number of benzene rings is 2. The highest BCUT2D eigenvalue weighted by Gasteiger charge is 2.54. The molecule has 2 aromatic rings. The maximum atomic E-state index is 16.1. The van der Waals surface area contributed by atoms with Crippen LogP contribution in [-0.4, -0.2) is 42.8 Å². The minimum Gasteiger partial charge on any atom is -0.487 e. The molecule has 5 rings (SSSR count). The Morgan fingerprint density at radius 2 is 1.68 bits per heavy atom. The van der Waals surface area contributed by atoms with Gasteiger partial charge in [0.05, 0.1) is 24.2 Å². The minimum atomic E-state index is -4.86. The number of likely N-dealkylation sites (tertiary alicyclic amines) is 1. The third kappa shape index (κ3) is 5.79. The Kier molecular flexibility index (Phi) is 7.58. The van der Waals surface area contributed by atoms with E-state index < -0.39 is 46.9 Å². The first-order chi connectivity index (χ1) is 19.1. The molecule has 4 nitrogen and oxygen atoms in total. The normalized spacial score (nSPS) is 23.0. The number of nitrogens with zero attached hydrogens (tertiary/aromatic N) is 1. The van der Waals surface area contributed by atoms with Crippen molar-refractivity contribution in [1.82, 2.24) is 4.90 Å². The molecule has 0 bridgehead atoms. The zero-order valence-electron chi connectivity index (χ0n) is 22.9. The molecular weight excluding hydrogens is 555 g/mol. The average Bonchev–Trinajstić information content (AvgIpc) is 3.73. The monoisotopic (exact) mass is 587 g/mol. The Labute approximate surface area is 233 Å². The van der Waals surface area contributed by atoms with Crippen LogP contribution in [0.2, 0.25) is 0 Å². The molecule has 0 amide bonds. The van der Waals surface area contributed by atoms with Crippen LogP contribution in [0.4, 0.5) is 30.7 Å². The van der Waals surface area contributed by atoms with Crippen molar-refractivity contribution in [2.24, 2.45) is 11.8 Å². The summed E-state index contributed by atoms with van der Waals surface area (Å²) in [6.45, 7) is 2.64. The first kappa shape index (κ1) is 29.7. The molecule has 11 heteroatoms. The van der Waals surface area contributed by atoms with E-state index in [2.05, 4.69) is 0 Å². The molecule has 2 aromatic carbocycles. The molecule has 1 aliphatic carbocycles. The molecule has 2 heterocycles. The second kappa shape index (κ2) is 10.5. The van der Waals surface area contributed by atoms with Crippen molar-refractivity contribution in [2.45, 2.75) is 75.6 Å². The molecule has 41 heavy (non-hydrogen) atoms. The van der Waals surface area contributed by atoms with Gasteiger partial charge in [0.1, 0.15) is 11.9 Å². The van der Waals surface area contributed by atoms with Crippen LogP contribution in [0.25, 0.3) is 0 Å². The lowest BCUT2D eigenvalue weighted by molar-refractivity contribution is -0.146. The van der Waals surface area contributed by atoms with E-state index in [1.54, 1.807) is 0 Å². The van der Waals surface area contributed by atoms with E-state index in [0.717, 1.165) is 24.0 Å². The molecule has 3 unspecified atom stereocenters. The number of esters is 1. The fourth-order valence-corrected chi connectivity index (χ4v) is 6.36. The summed E-state index contributed by atoms with van der Waals surface area (Å²) >= 11 is 0. The minimum absolute atomic E-state index is 0.0635. The quantitative estimate of drug-likeness (QED) is 0.248. The summed E-state index contributed by atoms with van der Waals surface area (Å²) < 4.78 is 108. The number of hydrogen-bond acceptors (Lipinski definition) is 4. The fourth-order valence-electron chi connectivity index (χ4n) is 6.36. The molecular formula is C30H32F7NO3. The van der Waals surface area contributed by atoms with E-state index in [-0.39, 0.29) is 30.9 Å². The standard InChI is InChI=1S/C30H32F7NO3/c1-16(27(39)40-3)26(19-5-6-19)20-7-4-18-8-11-25(41-24(18)12-20)28(31)14-38(15-28)17(2)22-13-21(29(32,33)34)9-10-23(22)30(35,36)37/h4,7,9-10,12-13,16-17,19,25-26H,5-6,8,11,14-15H2,1-3H3/t16?,17-,25?,26?/m1/s1. The van der Waals surface area contributed by atoms with Crippen LogP contribution >= 0.6 is 0 Å². The van der Waals surface area contributed by atoms with Crippen LogP contribution in [-0.2, 0) is 28.3 Å². The molecule has 2 aliphatic heterocycles. The summed E-state index contributed by atoms with van der Waals surface area (Å²) in [5, 5.41) is 0. The molecule has 3 aliphatic rings. The smallest absolute Gasteiger partial charge is 0.416 e. The van der Waals surface area contributed by atoms with E-state index in [9.17, 15) is 31.1 Å². The highest BCUT2D eigenvalue weighted by molar-refractivity contribution is 5.73. The van der Waals surface area contributed by atoms with Gasteiger partial charge in [0.25, 0.3) is 0 Å². The van der Waals surface area contributed by atoms with E-state index in [0.29, 0.717) is 42.7 Å². The summed E-state index contributed by atoms with van der Waals surface area (Å²) in [4.78, 5) is 13.7. The number of alkyl halides is 7. The van der Waals surface area contributed by atoms with Gasteiger partial charge >= 0.3 is 18.3 Å². The summed E-state index contributed by atoms with van der Waals surface area (Å²) in [6.07, 6.45) is -7.65. The number of methoxy groups -OCH3 is 1. The average molecular weight is 588 g/mol. The van der Waals surface area contributed by atoms with Crippen LogP contribution in [0.1, 0.15) is 72.9 Å². The van der Waals surface area contributed by atoms with Gasteiger partial charge in [0, 0.05) is 19.1 Å². The predicted molar refractivity (Wildman–Crippen MR) is 136 cm³/mol. The molecule has 1 saturated carbocycles. The van der Waals surface area contributed by atoms with Gasteiger partial charge in [-0.15, -0.1) is 0 Å². The Balaban J connectivity index is 1.32. The SMILES string of the molecule is COC(=O)C(C)C(c1ccc2c(c1)OC(C1(F)CN([C@H](C)c3cc(C(F)(F)F)ccc3C(F)(F)F)C1)CC2)C1CC1. The Morgan fingerprint density at radius 1 is 1.00 bits per heavy atom. The lowest BCUT2D eigenvalue weighted by Crippen LogP contribution is -2.66. The van der Waals surface area contributed by atoms with Crippen molar-refractivity contribution in [2.75, 3.05) is 20.2 Å². The third-order valence-corrected chi connectivity index (χ3v) is 8.85. The number of halogens is 7. The Morgan fingerprint density at radius 3 is 2.27 bits per heavy atom. The molecule has 0 aromatic heterocycles. The maximum absolute atomic E-state index is 16.1. The van der Waals surface area contributed by atoms with Gasteiger partial charge in [-0.05, 0) is 85.4 Å². The highest BCUT2D eigenvalue weighted by atomic mass is 19.4. The third-order valence-electron chi connectivity index (χ3n) is 8.85. The number of hydrogen-bond donors (Lipinski definition) is 0. The molecule has 224 valence electrons. The van der Waals surface area contributed by atoms with Crippen LogP contribution in [0.15, 0.2) is 36.4 Å². The van der Waals surface area contributed by atoms with E-state index in [4.69, 9.17) is 9.47 Å². The Hall–Kier alpha value is -2.82. The number of ether oxygens (including phenoxy) is 2. The second-order valence-electron chi connectivity index (χ2n) is 11.6. The van der Waals surface area contributed by atoms with Crippen molar-refractivity contribution in [1.29, 1.82) is 0 Å². The van der Waals surface area contributed by atoms with Crippen molar-refractivity contribution in [3.63, 3.8) is 0 Å². The topological polar surface area (TPSA) is 38.8 Å². The fraction of sp³-hybridized carbons (Fsp3) is 0.567. The number of rotatable bonds is 7. The van der Waals surface area contributed by atoms with E-state index in [1.165, 1.54) is 18.9 Å². The Bertz CT molecular complexity index is 1300. The van der Waals surface area contributed by atoms with Crippen molar-refractivity contribution in [3.8, 4) is 5.75 Å². The zero-order valence-corrected chi connectivity index (χ0v) is 22.9. The molecule has 0 radical (unpaired) electrons. The van der Waals surface area contributed by atoms with E-state index in [1.807, 2.05) is 25.1 Å². The van der Waals surface area contributed by atoms with Gasteiger partial charge < -0.3 is 9.47 Å². The molecule has 0 N–H and O–H groups in total. The van der Waals surface area contributed by atoms with E-state index >= 15 is 4.39 Å². The summed E-state index contributed by atoms with van der Waals surface area (Å²) in [5.41, 5.74) is -2.97. The second-order valence-corrected chi connectivity index (χ2v) is 11.6. The summed E-state index contributed by atoms with van der Waals surface area (Å²) in [5.74, 6) is 0.123. The molecule has 2 fully saturated rings. The molecule has 4 atom stereocenters.